The summed E-state index contributed by atoms with van der Waals surface area (Å²) in [5.41, 5.74) is 2.01. The molecule has 1 saturated heterocycles. The van der Waals surface area contributed by atoms with E-state index in [0.717, 1.165) is 24.9 Å². The van der Waals surface area contributed by atoms with Crippen LogP contribution >= 0.6 is 0 Å². The number of nitrogens with zero attached hydrogens (tertiary/aromatic N) is 4. The second-order valence-electron chi connectivity index (χ2n) is 11.5. The molecule has 0 radical (unpaired) electrons. The van der Waals surface area contributed by atoms with Crippen molar-refractivity contribution < 1.29 is 0 Å². The van der Waals surface area contributed by atoms with E-state index in [0.29, 0.717) is 36.0 Å². The van der Waals surface area contributed by atoms with Crippen molar-refractivity contribution in [2.45, 2.75) is 71.6 Å². The van der Waals surface area contributed by atoms with E-state index in [1.165, 1.54) is 23.0 Å². The fraction of sp³-hybridized carbons (Fsp3) is 0.483. The summed E-state index contributed by atoms with van der Waals surface area (Å²) in [6.45, 7) is 8.26. The van der Waals surface area contributed by atoms with E-state index in [9.17, 15) is 9.59 Å². The van der Waals surface area contributed by atoms with E-state index in [2.05, 4.69) is 67.8 Å². The second-order valence-corrected chi connectivity index (χ2v) is 11.5. The lowest BCUT2D eigenvalue weighted by molar-refractivity contribution is 0.337. The minimum absolute atomic E-state index is 0.0381. The first-order valence-corrected chi connectivity index (χ1v) is 13.3. The monoisotopic (exact) mass is 502 g/mol. The highest BCUT2D eigenvalue weighted by molar-refractivity contribution is 5.87. The Bertz CT molecular complexity index is 1440. The summed E-state index contributed by atoms with van der Waals surface area (Å²) in [4.78, 5) is 26.6. The molecule has 0 bridgehead atoms. The van der Waals surface area contributed by atoms with Crippen LogP contribution in [0.4, 0.5) is 5.82 Å². The molecule has 8 heteroatoms. The van der Waals surface area contributed by atoms with Gasteiger partial charge >= 0.3 is 5.69 Å². The van der Waals surface area contributed by atoms with Gasteiger partial charge in [-0.1, -0.05) is 75.8 Å². The van der Waals surface area contributed by atoms with Gasteiger partial charge in [0.1, 0.15) is 11.2 Å². The summed E-state index contributed by atoms with van der Waals surface area (Å²) in [6, 6.07) is 9.12. The summed E-state index contributed by atoms with van der Waals surface area (Å²) < 4.78 is 4.70. The van der Waals surface area contributed by atoms with Gasteiger partial charge in [0.05, 0.1) is 6.54 Å². The van der Waals surface area contributed by atoms with E-state index in [-0.39, 0.29) is 22.7 Å². The number of aromatic nitrogens is 4. The maximum absolute atomic E-state index is 13.4. The number of hydrogen-bond acceptors (Lipinski definition) is 5. The Hall–Kier alpha value is -3.39. The van der Waals surface area contributed by atoms with Crippen molar-refractivity contribution in [3.8, 4) is 0 Å². The number of hydrogen-bond donors (Lipinski definition) is 2. The minimum Gasteiger partial charge on any atom is -0.363 e. The normalized spacial score (nSPS) is 20.0. The molecule has 2 N–H and O–H groups in total. The van der Waals surface area contributed by atoms with Gasteiger partial charge in [0.25, 0.3) is 5.56 Å². The number of nitrogens with one attached hydrogen (secondary N) is 2. The Morgan fingerprint density at radius 3 is 2.54 bits per heavy atom. The maximum Gasteiger partial charge on any atom is 0.332 e. The summed E-state index contributed by atoms with van der Waals surface area (Å²) in [7, 11) is 1.55. The zero-order chi connectivity index (χ0) is 26.2. The van der Waals surface area contributed by atoms with Crippen molar-refractivity contribution in [1.82, 2.24) is 24.2 Å². The van der Waals surface area contributed by atoms with Crippen LogP contribution in [0.25, 0.3) is 11.0 Å². The van der Waals surface area contributed by atoms with Gasteiger partial charge in [0, 0.05) is 25.7 Å². The zero-order valence-electron chi connectivity index (χ0n) is 22.3. The van der Waals surface area contributed by atoms with Gasteiger partial charge in [-0.15, -0.1) is 0 Å². The molecule has 5 rings (SSSR count). The van der Waals surface area contributed by atoms with Crippen LogP contribution < -0.4 is 21.9 Å². The first-order valence-electron chi connectivity index (χ1n) is 13.3. The minimum atomic E-state index is -0.339. The lowest BCUT2D eigenvalue weighted by Gasteiger charge is -2.24. The highest BCUT2D eigenvalue weighted by Crippen LogP contribution is 2.27. The van der Waals surface area contributed by atoms with Gasteiger partial charge in [-0.3, -0.25) is 13.9 Å². The molecule has 3 aromatic rings. The molecule has 196 valence electrons. The highest BCUT2D eigenvalue weighted by Gasteiger charge is 2.25. The summed E-state index contributed by atoms with van der Waals surface area (Å²) in [5.74, 6) is 0.654. The Balaban J connectivity index is 1.58. The number of fused-ring (bicyclic) bond motifs is 1. The molecule has 2 atom stereocenters. The van der Waals surface area contributed by atoms with Crippen molar-refractivity contribution in [2.24, 2.45) is 12.5 Å². The first-order chi connectivity index (χ1) is 17.7. The molecular formula is C29H38N6O2. The smallest absolute Gasteiger partial charge is 0.332 e. The number of anilines is 1. The van der Waals surface area contributed by atoms with Crippen molar-refractivity contribution >= 4 is 16.9 Å². The van der Waals surface area contributed by atoms with Gasteiger partial charge < -0.3 is 10.6 Å². The largest absolute Gasteiger partial charge is 0.363 e. The number of benzene rings is 1. The van der Waals surface area contributed by atoms with Gasteiger partial charge in [-0.25, -0.2) is 9.48 Å². The third-order valence-electron chi connectivity index (χ3n) is 7.19. The van der Waals surface area contributed by atoms with E-state index in [1.807, 2.05) is 16.8 Å². The zero-order valence-corrected chi connectivity index (χ0v) is 22.3. The average molecular weight is 503 g/mol. The topological polar surface area (TPSA) is 85.9 Å². The molecule has 2 aromatic heterocycles. The molecular weight excluding hydrogens is 464 g/mol. The fourth-order valence-corrected chi connectivity index (χ4v) is 5.27. The van der Waals surface area contributed by atoms with Crippen molar-refractivity contribution in [2.75, 3.05) is 11.9 Å². The molecule has 0 amide bonds. The molecule has 1 fully saturated rings. The van der Waals surface area contributed by atoms with E-state index in [1.54, 1.807) is 11.6 Å². The third kappa shape index (κ3) is 5.34. The molecule has 1 aliphatic carbocycles. The lowest BCUT2D eigenvalue weighted by Crippen LogP contribution is -2.40. The summed E-state index contributed by atoms with van der Waals surface area (Å²) in [6.07, 6.45) is 12.7. The predicted octanol–water partition coefficient (Wildman–Crippen LogP) is 4.10. The Labute approximate surface area is 217 Å². The summed E-state index contributed by atoms with van der Waals surface area (Å²) in [5, 5.41) is 12.5. The predicted molar refractivity (Wildman–Crippen MR) is 149 cm³/mol. The van der Waals surface area contributed by atoms with E-state index < -0.39 is 0 Å². The summed E-state index contributed by atoms with van der Waals surface area (Å²) >= 11 is 0. The van der Waals surface area contributed by atoms with Gasteiger partial charge in [0.2, 0.25) is 0 Å². The third-order valence-corrected chi connectivity index (χ3v) is 7.19. The molecule has 37 heavy (non-hydrogen) atoms. The Morgan fingerprint density at radius 2 is 1.89 bits per heavy atom. The number of allylic oxidation sites excluding steroid dienone is 2. The molecule has 2 unspecified atom stereocenters. The van der Waals surface area contributed by atoms with Crippen LogP contribution in [0.1, 0.15) is 63.6 Å². The molecule has 3 heterocycles. The van der Waals surface area contributed by atoms with Crippen molar-refractivity contribution in [3.63, 3.8) is 0 Å². The van der Waals surface area contributed by atoms with Gasteiger partial charge in [-0.2, -0.15) is 5.10 Å². The number of piperidine rings is 1. The molecule has 0 spiro atoms. The quantitative estimate of drug-likeness (QED) is 0.530. The van der Waals surface area contributed by atoms with E-state index in [4.69, 9.17) is 5.10 Å². The number of rotatable bonds is 6. The molecule has 0 saturated carbocycles. The van der Waals surface area contributed by atoms with Crippen LogP contribution in [0.3, 0.4) is 0 Å². The van der Waals surface area contributed by atoms with Crippen LogP contribution in [0.2, 0.25) is 0 Å². The van der Waals surface area contributed by atoms with Gasteiger partial charge in [0.15, 0.2) is 5.65 Å². The highest BCUT2D eigenvalue weighted by atomic mass is 16.2. The maximum atomic E-state index is 13.4. The first kappa shape index (κ1) is 25.3. The lowest BCUT2D eigenvalue weighted by atomic mass is 9.97. The molecule has 8 nitrogen and oxygen atoms in total. The van der Waals surface area contributed by atoms with Crippen LogP contribution in [0.15, 0.2) is 58.2 Å². The van der Waals surface area contributed by atoms with Crippen LogP contribution in [-0.2, 0) is 20.1 Å². The van der Waals surface area contributed by atoms with Crippen LogP contribution in [0, 0.1) is 5.41 Å². The average Bonchev–Trinajstić information content (AvgIpc) is 3.24. The second kappa shape index (κ2) is 10.2. The Kier molecular flexibility index (Phi) is 6.94. The van der Waals surface area contributed by atoms with Gasteiger partial charge in [-0.05, 0) is 42.3 Å². The molecule has 2 aliphatic rings. The molecule has 1 aromatic carbocycles. The van der Waals surface area contributed by atoms with Crippen molar-refractivity contribution in [3.05, 3.63) is 80.5 Å². The SMILES string of the molecule is Cn1c(=O)c2c(NC3C=CC=CC3)n(Cc3ccc(C4CCCCN4)cc3)nc2n(CC(C)(C)C)c1=O. The molecule has 1 aliphatic heterocycles. The van der Waals surface area contributed by atoms with Crippen molar-refractivity contribution in [1.29, 1.82) is 0 Å². The standard InChI is InChI=1S/C29H38N6O2/c1-29(2,3)19-34-26-24(27(36)33(4)28(34)37)25(31-22-10-6-5-7-11-22)35(32-26)18-20-13-15-21(16-14-20)23-12-8-9-17-30-23/h5-7,10,13-16,22-23,30-31H,8-9,11-12,17-19H2,1-4H3. The fourth-order valence-electron chi connectivity index (χ4n) is 5.27. The van der Waals surface area contributed by atoms with Crippen LogP contribution in [-0.4, -0.2) is 31.5 Å². The van der Waals surface area contributed by atoms with E-state index >= 15 is 0 Å². The van der Waals surface area contributed by atoms with Crippen LogP contribution in [0.5, 0.6) is 0 Å². The Morgan fingerprint density at radius 1 is 1.11 bits per heavy atom.